The molecule has 1 aliphatic rings. The molecule has 33 heavy (non-hydrogen) atoms. The van der Waals surface area contributed by atoms with Crippen molar-refractivity contribution in [3.8, 4) is 5.75 Å². The first-order valence-corrected chi connectivity index (χ1v) is 11.5. The molecule has 0 radical (unpaired) electrons. The molecule has 6 heteroatoms. The Balaban J connectivity index is 1.18. The molecule has 2 N–H and O–H groups in total. The quantitative estimate of drug-likeness (QED) is 0.558. The Bertz CT molecular complexity index is 1100. The van der Waals surface area contributed by atoms with Crippen molar-refractivity contribution in [2.24, 2.45) is 0 Å². The number of hydrogen-bond donors (Lipinski definition) is 2. The minimum atomic E-state index is -0.144. The van der Waals surface area contributed by atoms with E-state index in [2.05, 4.69) is 27.7 Å². The molecule has 0 aliphatic carbocycles. The Morgan fingerprint density at radius 1 is 0.970 bits per heavy atom. The first-order valence-electron chi connectivity index (χ1n) is 11.5. The standard InChI is InChI=1S/C27H31N3O3/c1-33-24-10-4-6-20(16-24)19-30-14-12-23(13-15-30)29-27(32)18-28-26(31)17-22-9-5-8-21-7-2-3-11-25(21)22/h2-11,16,23H,12-15,17-19H2,1H3,(H,28,31)(H,29,32). The Morgan fingerprint density at radius 3 is 2.55 bits per heavy atom. The zero-order valence-corrected chi connectivity index (χ0v) is 19.0. The molecule has 3 aromatic carbocycles. The number of ether oxygens (including phenoxy) is 1. The van der Waals surface area contributed by atoms with Gasteiger partial charge in [-0.3, -0.25) is 14.5 Å². The lowest BCUT2D eigenvalue weighted by atomic mass is 10.0. The van der Waals surface area contributed by atoms with Crippen LogP contribution in [0, 0.1) is 0 Å². The van der Waals surface area contributed by atoms with Crippen molar-refractivity contribution in [3.05, 3.63) is 77.9 Å². The average molecular weight is 446 g/mol. The van der Waals surface area contributed by atoms with Gasteiger partial charge in [-0.15, -0.1) is 0 Å². The van der Waals surface area contributed by atoms with Crippen LogP contribution in [0.1, 0.15) is 24.0 Å². The highest BCUT2D eigenvalue weighted by molar-refractivity contribution is 5.91. The number of nitrogens with one attached hydrogen (secondary N) is 2. The topological polar surface area (TPSA) is 70.7 Å². The number of likely N-dealkylation sites (tertiary alicyclic amines) is 1. The predicted molar refractivity (Wildman–Crippen MR) is 130 cm³/mol. The molecule has 172 valence electrons. The predicted octanol–water partition coefficient (Wildman–Crippen LogP) is 3.29. The van der Waals surface area contributed by atoms with E-state index < -0.39 is 0 Å². The summed E-state index contributed by atoms with van der Waals surface area (Å²) in [5.41, 5.74) is 2.19. The van der Waals surface area contributed by atoms with Gasteiger partial charge in [-0.2, -0.15) is 0 Å². The van der Waals surface area contributed by atoms with Gasteiger partial charge < -0.3 is 15.4 Å². The minimum absolute atomic E-state index is 0.00756. The molecule has 3 aromatic rings. The van der Waals surface area contributed by atoms with E-state index >= 15 is 0 Å². The van der Waals surface area contributed by atoms with E-state index in [4.69, 9.17) is 4.74 Å². The molecule has 1 fully saturated rings. The summed E-state index contributed by atoms with van der Waals surface area (Å²) in [6.45, 7) is 2.74. The number of methoxy groups -OCH3 is 1. The Labute approximate surface area is 194 Å². The van der Waals surface area contributed by atoms with Crippen molar-refractivity contribution in [3.63, 3.8) is 0 Å². The third-order valence-corrected chi connectivity index (χ3v) is 6.17. The van der Waals surface area contributed by atoms with Gasteiger partial charge in [0.2, 0.25) is 11.8 Å². The van der Waals surface area contributed by atoms with Crippen molar-refractivity contribution in [1.82, 2.24) is 15.5 Å². The summed E-state index contributed by atoms with van der Waals surface area (Å²) in [7, 11) is 1.68. The Kier molecular flexibility index (Phi) is 7.58. The van der Waals surface area contributed by atoms with E-state index in [-0.39, 0.29) is 30.8 Å². The number of carbonyl (C=O) groups is 2. The summed E-state index contributed by atoms with van der Waals surface area (Å²) in [4.78, 5) is 27.2. The van der Waals surface area contributed by atoms with E-state index in [0.717, 1.165) is 54.6 Å². The molecule has 0 bridgehead atoms. The maximum atomic E-state index is 12.4. The van der Waals surface area contributed by atoms with Gasteiger partial charge in [0.15, 0.2) is 0 Å². The van der Waals surface area contributed by atoms with Crippen LogP contribution in [-0.2, 0) is 22.6 Å². The second-order valence-corrected chi connectivity index (χ2v) is 8.56. The van der Waals surface area contributed by atoms with Gasteiger partial charge in [0.25, 0.3) is 0 Å². The Morgan fingerprint density at radius 2 is 1.73 bits per heavy atom. The fraction of sp³-hybridized carbons (Fsp3) is 0.333. The third-order valence-electron chi connectivity index (χ3n) is 6.17. The number of piperidine rings is 1. The number of amides is 2. The number of fused-ring (bicyclic) bond motifs is 1. The van der Waals surface area contributed by atoms with Crippen LogP contribution in [0.5, 0.6) is 5.75 Å². The van der Waals surface area contributed by atoms with E-state index in [1.165, 1.54) is 5.56 Å². The normalized spacial score (nSPS) is 14.7. The molecule has 2 amide bonds. The highest BCUT2D eigenvalue weighted by atomic mass is 16.5. The average Bonchev–Trinajstić information content (AvgIpc) is 2.84. The lowest BCUT2D eigenvalue weighted by molar-refractivity contribution is -0.126. The number of benzene rings is 3. The summed E-state index contributed by atoms with van der Waals surface area (Å²) in [5.74, 6) is 0.597. The van der Waals surface area contributed by atoms with E-state index in [0.29, 0.717) is 0 Å². The minimum Gasteiger partial charge on any atom is -0.497 e. The molecule has 0 atom stereocenters. The molecule has 0 spiro atoms. The monoisotopic (exact) mass is 445 g/mol. The smallest absolute Gasteiger partial charge is 0.239 e. The van der Waals surface area contributed by atoms with Crippen LogP contribution in [0.2, 0.25) is 0 Å². The fourth-order valence-electron chi connectivity index (χ4n) is 4.40. The molecular formula is C27H31N3O3. The first kappa shape index (κ1) is 22.8. The summed E-state index contributed by atoms with van der Waals surface area (Å²) < 4.78 is 5.30. The maximum absolute atomic E-state index is 12.4. The molecule has 0 unspecified atom stereocenters. The largest absolute Gasteiger partial charge is 0.497 e. The second kappa shape index (κ2) is 11.0. The third kappa shape index (κ3) is 6.33. The van der Waals surface area contributed by atoms with Gasteiger partial charge >= 0.3 is 0 Å². The van der Waals surface area contributed by atoms with Crippen molar-refractivity contribution < 1.29 is 14.3 Å². The van der Waals surface area contributed by atoms with Crippen molar-refractivity contribution >= 4 is 22.6 Å². The first-order chi connectivity index (χ1) is 16.1. The maximum Gasteiger partial charge on any atom is 0.239 e. The van der Waals surface area contributed by atoms with Gasteiger partial charge in [0, 0.05) is 25.7 Å². The van der Waals surface area contributed by atoms with Gasteiger partial charge in [-0.1, -0.05) is 54.6 Å². The van der Waals surface area contributed by atoms with E-state index in [1.54, 1.807) is 7.11 Å². The zero-order valence-electron chi connectivity index (χ0n) is 19.0. The number of hydrogen-bond acceptors (Lipinski definition) is 4. The van der Waals surface area contributed by atoms with E-state index in [9.17, 15) is 9.59 Å². The van der Waals surface area contributed by atoms with Crippen molar-refractivity contribution in [1.29, 1.82) is 0 Å². The molecule has 6 nitrogen and oxygen atoms in total. The van der Waals surface area contributed by atoms with Crippen LogP contribution in [0.3, 0.4) is 0 Å². The molecule has 1 saturated heterocycles. The van der Waals surface area contributed by atoms with Gasteiger partial charge in [-0.25, -0.2) is 0 Å². The summed E-state index contributed by atoms with van der Waals surface area (Å²) in [6, 6.07) is 22.2. The SMILES string of the molecule is COc1cccc(CN2CCC(NC(=O)CNC(=O)Cc3cccc4ccccc34)CC2)c1. The Hall–Kier alpha value is -3.38. The van der Waals surface area contributed by atoms with Crippen molar-refractivity contribution in [2.45, 2.75) is 31.8 Å². The molecule has 4 rings (SSSR count). The van der Waals surface area contributed by atoms with Crippen LogP contribution in [0.15, 0.2) is 66.7 Å². The summed E-state index contributed by atoms with van der Waals surface area (Å²) >= 11 is 0. The number of carbonyl (C=O) groups excluding carboxylic acids is 2. The molecule has 0 aromatic heterocycles. The summed E-state index contributed by atoms with van der Waals surface area (Å²) in [5, 5.41) is 8.01. The number of nitrogens with zero attached hydrogens (tertiary/aromatic N) is 1. The highest BCUT2D eigenvalue weighted by Crippen LogP contribution is 2.19. The summed E-state index contributed by atoms with van der Waals surface area (Å²) in [6.07, 6.45) is 2.07. The molecule has 1 heterocycles. The van der Waals surface area contributed by atoms with Crippen LogP contribution in [0.25, 0.3) is 10.8 Å². The highest BCUT2D eigenvalue weighted by Gasteiger charge is 2.21. The van der Waals surface area contributed by atoms with Gasteiger partial charge in [0.05, 0.1) is 20.1 Å². The zero-order chi connectivity index (χ0) is 23.0. The van der Waals surface area contributed by atoms with E-state index in [1.807, 2.05) is 54.6 Å². The molecule has 1 aliphatic heterocycles. The van der Waals surface area contributed by atoms with Crippen molar-refractivity contribution in [2.75, 3.05) is 26.7 Å². The van der Waals surface area contributed by atoms with Crippen LogP contribution in [0.4, 0.5) is 0 Å². The van der Waals surface area contributed by atoms with Crippen LogP contribution >= 0.6 is 0 Å². The van der Waals surface area contributed by atoms with Crippen LogP contribution < -0.4 is 15.4 Å². The molecular weight excluding hydrogens is 414 g/mol. The molecule has 0 saturated carbocycles. The fourth-order valence-corrected chi connectivity index (χ4v) is 4.40. The lowest BCUT2D eigenvalue weighted by Crippen LogP contribution is -2.47. The van der Waals surface area contributed by atoms with Crippen LogP contribution in [-0.4, -0.2) is 49.5 Å². The lowest BCUT2D eigenvalue weighted by Gasteiger charge is -2.32. The van der Waals surface area contributed by atoms with Gasteiger partial charge in [0.1, 0.15) is 5.75 Å². The second-order valence-electron chi connectivity index (χ2n) is 8.56. The van der Waals surface area contributed by atoms with Gasteiger partial charge in [-0.05, 0) is 46.9 Å². The number of rotatable bonds is 8.